The van der Waals surface area contributed by atoms with Gasteiger partial charge in [-0.2, -0.15) is 0 Å². The van der Waals surface area contributed by atoms with Crippen molar-refractivity contribution in [3.05, 3.63) is 24.3 Å². The van der Waals surface area contributed by atoms with Gasteiger partial charge in [0, 0.05) is 25.0 Å². The van der Waals surface area contributed by atoms with Crippen LogP contribution in [0, 0.1) is 0 Å². The van der Waals surface area contributed by atoms with E-state index in [-0.39, 0.29) is 5.78 Å². The van der Waals surface area contributed by atoms with Gasteiger partial charge in [-0.05, 0) is 6.92 Å². The Morgan fingerprint density at radius 1 is 1.67 bits per heavy atom. The lowest BCUT2D eigenvalue weighted by atomic mass is 10.1. The minimum atomic E-state index is -0.457. The van der Waals surface area contributed by atoms with Crippen molar-refractivity contribution in [3.63, 3.8) is 0 Å². The number of rotatable bonds is 3. The molecule has 1 atom stereocenters. The van der Waals surface area contributed by atoms with Crippen molar-refractivity contribution >= 4 is 5.78 Å². The van der Waals surface area contributed by atoms with E-state index >= 15 is 0 Å². The average Bonchev–Trinajstić information content (AvgIpc) is 2.06. The molecule has 1 aromatic heterocycles. The molecule has 4 nitrogen and oxygen atoms in total. The fourth-order valence-electron chi connectivity index (χ4n) is 0.804. The third kappa shape index (κ3) is 2.39. The summed E-state index contributed by atoms with van der Waals surface area (Å²) in [5.74, 6) is -0.0272. The van der Waals surface area contributed by atoms with Crippen LogP contribution in [-0.2, 0) is 11.2 Å². The van der Waals surface area contributed by atoms with Gasteiger partial charge in [0.15, 0.2) is 0 Å². The number of carbonyl (C=O) groups is 1. The highest BCUT2D eigenvalue weighted by Crippen LogP contribution is 1.95. The molecule has 1 heterocycles. The quantitative estimate of drug-likeness (QED) is 0.681. The molecule has 4 heteroatoms. The van der Waals surface area contributed by atoms with Crippen LogP contribution in [-0.4, -0.2) is 21.8 Å². The second kappa shape index (κ2) is 3.92. The molecule has 0 saturated carbocycles. The highest BCUT2D eigenvalue weighted by Gasteiger charge is 2.08. The van der Waals surface area contributed by atoms with Gasteiger partial charge in [-0.25, -0.2) is 0 Å². The van der Waals surface area contributed by atoms with Crippen LogP contribution in [0.2, 0.25) is 0 Å². The molecule has 1 unspecified atom stereocenters. The first kappa shape index (κ1) is 8.80. The van der Waals surface area contributed by atoms with Crippen molar-refractivity contribution in [2.45, 2.75) is 19.4 Å². The molecule has 64 valence electrons. The first-order chi connectivity index (χ1) is 5.70. The predicted molar refractivity (Wildman–Crippen MR) is 44.4 cm³/mol. The number of aromatic nitrogens is 2. The van der Waals surface area contributed by atoms with Crippen LogP contribution in [0.3, 0.4) is 0 Å². The van der Waals surface area contributed by atoms with E-state index in [0.29, 0.717) is 6.42 Å². The second-order valence-corrected chi connectivity index (χ2v) is 2.62. The fraction of sp³-hybridized carbons (Fsp3) is 0.375. The number of carbonyl (C=O) groups excluding carboxylic acids is 1. The lowest BCUT2D eigenvalue weighted by Gasteiger charge is -2.05. The molecule has 0 aromatic carbocycles. The van der Waals surface area contributed by atoms with E-state index in [1.165, 1.54) is 6.92 Å². The maximum Gasteiger partial charge on any atom is 0.146 e. The SMILES string of the molecule is CC(=O)C(N)Cc1cnccn1. The zero-order chi connectivity index (χ0) is 8.97. The lowest BCUT2D eigenvalue weighted by molar-refractivity contribution is -0.118. The summed E-state index contributed by atoms with van der Waals surface area (Å²) in [7, 11) is 0. The Morgan fingerprint density at radius 2 is 2.42 bits per heavy atom. The molecule has 1 rings (SSSR count). The molecule has 0 aliphatic rings. The largest absolute Gasteiger partial charge is 0.321 e. The van der Waals surface area contributed by atoms with Gasteiger partial charge in [-0.1, -0.05) is 0 Å². The Balaban J connectivity index is 2.58. The molecule has 0 fully saturated rings. The van der Waals surface area contributed by atoms with Crippen LogP contribution >= 0.6 is 0 Å². The minimum absolute atomic E-state index is 0.0272. The summed E-state index contributed by atoms with van der Waals surface area (Å²) in [6, 6.07) is -0.457. The van der Waals surface area contributed by atoms with Crippen molar-refractivity contribution in [1.29, 1.82) is 0 Å². The highest BCUT2D eigenvalue weighted by molar-refractivity contribution is 5.81. The molecule has 2 N–H and O–H groups in total. The maximum absolute atomic E-state index is 10.8. The van der Waals surface area contributed by atoms with Crippen LogP contribution in [0.1, 0.15) is 12.6 Å². The molecule has 1 aromatic rings. The number of hydrogen-bond donors (Lipinski definition) is 1. The van der Waals surface area contributed by atoms with Crippen molar-refractivity contribution in [2.24, 2.45) is 5.73 Å². The Hall–Kier alpha value is -1.29. The number of ketones is 1. The number of Topliss-reactive ketones (excluding diaryl/α,β-unsaturated/α-hetero) is 1. The first-order valence-corrected chi connectivity index (χ1v) is 3.71. The summed E-state index contributed by atoms with van der Waals surface area (Å²) in [5, 5.41) is 0. The minimum Gasteiger partial charge on any atom is -0.321 e. The van der Waals surface area contributed by atoms with Gasteiger partial charge in [0.1, 0.15) is 5.78 Å². The lowest BCUT2D eigenvalue weighted by Crippen LogP contribution is -2.30. The summed E-state index contributed by atoms with van der Waals surface area (Å²) in [6.07, 6.45) is 5.25. The summed E-state index contributed by atoms with van der Waals surface area (Å²) in [6.45, 7) is 1.47. The van der Waals surface area contributed by atoms with Gasteiger partial charge >= 0.3 is 0 Å². The van der Waals surface area contributed by atoms with E-state index in [9.17, 15) is 4.79 Å². The van der Waals surface area contributed by atoms with Crippen LogP contribution in [0.15, 0.2) is 18.6 Å². The molecule has 0 saturated heterocycles. The zero-order valence-corrected chi connectivity index (χ0v) is 6.90. The predicted octanol–water partition coefficient (Wildman–Crippen LogP) is -0.0646. The highest BCUT2D eigenvalue weighted by atomic mass is 16.1. The number of nitrogens with zero attached hydrogens (tertiary/aromatic N) is 2. The maximum atomic E-state index is 10.8. The summed E-state index contributed by atoms with van der Waals surface area (Å²) in [4.78, 5) is 18.6. The molecular weight excluding hydrogens is 154 g/mol. The molecule has 12 heavy (non-hydrogen) atoms. The Kier molecular flexibility index (Phi) is 2.88. The van der Waals surface area contributed by atoms with Crippen LogP contribution in [0.5, 0.6) is 0 Å². The Morgan fingerprint density at radius 3 is 2.92 bits per heavy atom. The second-order valence-electron chi connectivity index (χ2n) is 2.62. The normalized spacial score (nSPS) is 12.5. The van der Waals surface area contributed by atoms with Crippen LogP contribution in [0.4, 0.5) is 0 Å². The Labute approximate surface area is 70.8 Å². The van der Waals surface area contributed by atoms with E-state index in [1.807, 2.05) is 0 Å². The monoisotopic (exact) mass is 165 g/mol. The molecule has 0 bridgehead atoms. The molecule has 0 amide bonds. The van der Waals surface area contributed by atoms with E-state index in [1.54, 1.807) is 18.6 Å². The van der Waals surface area contributed by atoms with Gasteiger partial charge < -0.3 is 5.73 Å². The zero-order valence-electron chi connectivity index (χ0n) is 6.90. The number of nitrogens with two attached hydrogens (primary N) is 1. The van der Waals surface area contributed by atoms with Crippen molar-refractivity contribution < 1.29 is 4.79 Å². The van der Waals surface area contributed by atoms with E-state index in [0.717, 1.165) is 5.69 Å². The third-order valence-corrected chi connectivity index (χ3v) is 1.57. The summed E-state index contributed by atoms with van der Waals surface area (Å²) < 4.78 is 0. The van der Waals surface area contributed by atoms with E-state index in [2.05, 4.69) is 9.97 Å². The van der Waals surface area contributed by atoms with E-state index < -0.39 is 6.04 Å². The topological polar surface area (TPSA) is 68.9 Å². The van der Waals surface area contributed by atoms with Gasteiger partial charge in [-0.3, -0.25) is 14.8 Å². The van der Waals surface area contributed by atoms with Crippen LogP contribution < -0.4 is 5.73 Å². The smallest absolute Gasteiger partial charge is 0.146 e. The molecule has 0 radical (unpaired) electrons. The molecule has 0 spiro atoms. The van der Waals surface area contributed by atoms with Gasteiger partial charge in [0.2, 0.25) is 0 Å². The van der Waals surface area contributed by atoms with Crippen LogP contribution in [0.25, 0.3) is 0 Å². The van der Waals surface area contributed by atoms with E-state index in [4.69, 9.17) is 5.73 Å². The molecule has 0 aliphatic heterocycles. The van der Waals surface area contributed by atoms with Gasteiger partial charge in [0.25, 0.3) is 0 Å². The van der Waals surface area contributed by atoms with Gasteiger partial charge in [-0.15, -0.1) is 0 Å². The van der Waals surface area contributed by atoms with Crippen molar-refractivity contribution in [2.75, 3.05) is 0 Å². The third-order valence-electron chi connectivity index (χ3n) is 1.57. The number of hydrogen-bond acceptors (Lipinski definition) is 4. The van der Waals surface area contributed by atoms with Crippen molar-refractivity contribution in [3.8, 4) is 0 Å². The van der Waals surface area contributed by atoms with Crippen molar-refractivity contribution in [1.82, 2.24) is 9.97 Å². The molecule has 0 aliphatic carbocycles. The standard InChI is InChI=1S/C8H11N3O/c1-6(12)8(9)4-7-5-10-2-3-11-7/h2-3,5,8H,4,9H2,1H3. The average molecular weight is 165 g/mol. The molecular formula is C8H11N3O. The Bertz CT molecular complexity index is 260. The fourth-order valence-corrected chi connectivity index (χ4v) is 0.804. The van der Waals surface area contributed by atoms with Gasteiger partial charge in [0.05, 0.1) is 11.7 Å². The summed E-state index contributed by atoms with van der Waals surface area (Å²) >= 11 is 0. The summed E-state index contributed by atoms with van der Waals surface area (Å²) in [5.41, 5.74) is 6.28. The first-order valence-electron chi connectivity index (χ1n) is 3.71.